The van der Waals surface area contributed by atoms with E-state index >= 15 is 0 Å². The van der Waals surface area contributed by atoms with Crippen LogP contribution in [0.3, 0.4) is 0 Å². The fourth-order valence-corrected chi connectivity index (χ4v) is 2.13. The van der Waals surface area contributed by atoms with E-state index in [0.717, 1.165) is 18.5 Å². The van der Waals surface area contributed by atoms with Gasteiger partial charge >= 0.3 is 0 Å². The van der Waals surface area contributed by atoms with Gasteiger partial charge in [-0.15, -0.1) is 0 Å². The van der Waals surface area contributed by atoms with Gasteiger partial charge in [0.15, 0.2) is 0 Å². The quantitative estimate of drug-likeness (QED) is 0.700. The van der Waals surface area contributed by atoms with Crippen molar-refractivity contribution in [3.05, 3.63) is 30.1 Å². The Labute approximate surface area is 92.0 Å². The van der Waals surface area contributed by atoms with Crippen LogP contribution in [0.5, 0.6) is 0 Å². The van der Waals surface area contributed by atoms with Gasteiger partial charge in [-0.05, 0) is 30.9 Å². The van der Waals surface area contributed by atoms with E-state index in [9.17, 15) is 0 Å². The summed E-state index contributed by atoms with van der Waals surface area (Å²) in [6.07, 6.45) is 3.68. The van der Waals surface area contributed by atoms with Crippen LogP contribution in [0.4, 0.5) is 0 Å². The number of nitrogens with zero attached hydrogens (tertiary/aromatic N) is 2. The van der Waals surface area contributed by atoms with Crippen LogP contribution in [0.1, 0.15) is 39.3 Å². The molecule has 2 heteroatoms. The molecular formula is C13H18N2. The molecule has 0 bridgehead atoms. The maximum absolute atomic E-state index is 9.12. The summed E-state index contributed by atoms with van der Waals surface area (Å²) >= 11 is 0. The van der Waals surface area contributed by atoms with Gasteiger partial charge in [-0.3, -0.25) is 4.98 Å². The van der Waals surface area contributed by atoms with Crippen molar-refractivity contribution >= 4 is 0 Å². The van der Waals surface area contributed by atoms with Crippen molar-refractivity contribution in [2.45, 2.75) is 39.0 Å². The molecule has 80 valence electrons. The maximum Gasteiger partial charge on any atom is 0.0998 e. The lowest BCUT2D eigenvalue weighted by molar-refractivity contribution is 0.212. The van der Waals surface area contributed by atoms with E-state index in [2.05, 4.69) is 18.0 Å². The first-order valence-electron chi connectivity index (χ1n) is 5.60. The highest BCUT2D eigenvalue weighted by atomic mass is 14.7. The molecule has 1 saturated carbocycles. The number of pyridine rings is 1. The van der Waals surface area contributed by atoms with Crippen molar-refractivity contribution in [3.8, 4) is 6.07 Å². The zero-order valence-corrected chi connectivity index (χ0v) is 9.70. The third kappa shape index (κ3) is 2.18. The molecular weight excluding hydrogens is 184 g/mol. The van der Waals surface area contributed by atoms with Crippen molar-refractivity contribution in [1.29, 1.82) is 5.26 Å². The first-order valence-corrected chi connectivity index (χ1v) is 5.60. The Bertz CT molecular complexity index is 331. The smallest absolute Gasteiger partial charge is 0.0998 e. The Morgan fingerprint density at radius 3 is 2.47 bits per heavy atom. The third-order valence-electron chi connectivity index (χ3n) is 2.76. The molecule has 1 heterocycles. The van der Waals surface area contributed by atoms with Gasteiger partial charge in [-0.2, -0.15) is 5.26 Å². The molecule has 1 aliphatic carbocycles. The summed E-state index contributed by atoms with van der Waals surface area (Å²) in [4.78, 5) is 4.26. The summed E-state index contributed by atoms with van der Waals surface area (Å²) in [7, 11) is 0. The Balaban J connectivity index is 0.000000531. The van der Waals surface area contributed by atoms with Gasteiger partial charge in [-0.25, -0.2) is 0 Å². The van der Waals surface area contributed by atoms with Crippen LogP contribution >= 0.6 is 0 Å². The molecule has 1 fully saturated rings. The van der Waals surface area contributed by atoms with Gasteiger partial charge in [0, 0.05) is 6.20 Å². The van der Waals surface area contributed by atoms with Gasteiger partial charge in [0.05, 0.1) is 17.2 Å². The highest BCUT2D eigenvalue weighted by molar-refractivity contribution is 5.30. The molecule has 0 unspecified atom stereocenters. The number of aromatic nitrogens is 1. The van der Waals surface area contributed by atoms with Crippen LogP contribution in [-0.2, 0) is 5.41 Å². The predicted molar refractivity (Wildman–Crippen MR) is 61.3 cm³/mol. The monoisotopic (exact) mass is 202 g/mol. The van der Waals surface area contributed by atoms with Crippen LogP contribution in [-0.4, -0.2) is 4.98 Å². The number of rotatable bonds is 1. The first-order chi connectivity index (χ1) is 7.27. The Kier molecular flexibility index (Phi) is 3.85. The number of hydrogen-bond acceptors (Lipinski definition) is 2. The fraction of sp³-hybridized carbons (Fsp3) is 0.538. The molecule has 0 aromatic carbocycles. The fourth-order valence-electron chi connectivity index (χ4n) is 2.13. The first kappa shape index (κ1) is 11.7. The van der Waals surface area contributed by atoms with Crippen LogP contribution in [0.25, 0.3) is 0 Å². The molecule has 0 N–H and O–H groups in total. The van der Waals surface area contributed by atoms with E-state index in [1.807, 2.05) is 32.0 Å². The van der Waals surface area contributed by atoms with Crippen molar-refractivity contribution in [3.63, 3.8) is 0 Å². The second kappa shape index (κ2) is 4.93. The summed E-state index contributed by atoms with van der Waals surface area (Å²) < 4.78 is 0. The number of nitriles is 1. The molecule has 15 heavy (non-hydrogen) atoms. The van der Waals surface area contributed by atoms with Crippen molar-refractivity contribution < 1.29 is 0 Å². The number of hydrogen-bond donors (Lipinski definition) is 0. The van der Waals surface area contributed by atoms with Crippen molar-refractivity contribution in [2.75, 3.05) is 0 Å². The van der Waals surface area contributed by atoms with Gasteiger partial charge in [0.25, 0.3) is 0 Å². The Hall–Kier alpha value is -1.36. The van der Waals surface area contributed by atoms with Crippen LogP contribution in [0, 0.1) is 17.2 Å². The summed E-state index contributed by atoms with van der Waals surface area (Å²) in [5.74, 6) is 0.668. The molecule has 1 aromatic heterocycles. The summed E-state index contributed by atoms with van der Waals surface area (Å²) in [6, 6.07) is 8.19. The zero-order chi connectivity index (χ0) is 11.3. The van der Waals surface area contributed by atoms with Gasteiger partial charge in [0.1, 0.15) is 0 Å². The van der Waals surface area contributed by atoms with Gasteiger partial charge in [-0.1, -0.05) is 26.8 Å². The minimum Gasteiger partial charge on any atom is -0.260 e. The van der Waals surface area contributed by atoms with E-state index in [1.54, 1.807) is 6.20 Å². The van der Waals surface area contributed by atoms with E-state index in [0.29, 0.717) is 5.92 Å². The molecule has 0 radical (unpaired) electrons. The predicted octanol–water partition coefficient (Wildman–Crippen LogP) is 3.30. The average molecular weight is 202 g/mol. The molecule has 0 spiro atoms. The second-order valence-corrected chi connectivity index (χ2v) is 3.92. The summed E-state index contributed by atoms with van der Waals surface area (Å²) in [5, 5.41) is 9.12. The van der Waals surface area contributed by atoms with Crippen LogP contribution < -0.4 is 0 Å². The molecule has 1 aromatic rings. The highest BCUT2D eigenvalue weighted by Gasteiger charge is 2.44. The lowest BCUT2D eigenvalue weighted by Crippen LogP contribution is -2.39. The molecule has 0 atom stereocenters. The van der Waals surface area contributed by atoms with E-state index in [1.165, 1.54) is 0 Å². The third-order valence-corrected chi connectivity index (χ3v) is 2.76. The molecule has 2 rings (SSSR count). The minimum atomic E-state index is -0.277. The molecule has 0 aliphatic heterocycles. The Morgan fingerprint density at radius 2 is 2.07 bits per heavy atom. The van der Waals surface area contributed by atoms with E-state index in [-0.39, 0.29) is 5.41 Å². The zero-order valence-electron chi connectivity index (χ0n) is 9.70. The SMILES string of the molecule is CC.CC1CC(C#N)(c2ccccn2)C1. The average Bonchev–Trinajstić information content (AvgIpc) is 2.28. The Morgan fingerprint density at radius 1 is 1.40 bits per heavy atom. The van der Waals surface area contributed by atoms with Crippen LogP contribution in [0.2, 0.25) is 0 Å². The highest BCUT2D eigenvalue weighted by Crippen LogP contribution is 2.46. The van der Waals surface area contributed by atoms with E-state index < -0.39 is 0 Å². The van der Waals surface area contributed by atoms with Crippen LogP contribution in [0.15, 0.2) is 24.4 Å². The molecule has 2 nitrogen and oxygen atoms in total. The van der Waals surface area contributed by atoms with Gasteiger partial charge < -0.3 is 0 Å². The lowest BCUT2D eigenvalue weighted by Gasteiger charge is -2.40. The summed E-state index contributed by atoms with van der Waals surface area (Å²) in [5.41, 5.74) is 0.663. The van der Waals surface area contributed by atoms with Gasteiger partial charge in [0.2, 0.25) is 0 Å². The normalized spacial score (nSPS) is 28.0. The van der Waals surface area contributed by atoms with E-state index in [4.69, 9.17) is 5.26 Å². The standard InChI is InChI=1S/C11H12N2.C2H6/c1-9-6-11(7-9,8-12)10-4-2-3-5-13-10;1-2/h2-5,9H,6-7H2,1H3;1-2H3. The lowest BCUT2D eigenvalue weighted by atomic mass is 9.62. The topological polar surface area (TPSA) is 36.7 Å². The summed E-state index contributed by atoms with van der Waals surface area (Å²) in [6.45, 7) is 6.18. The van der Waals surface area contributed by atoms with Crippen molar-refractivity contribution in [2.24, 2.45) is 5.92 Å². The minimum absolute atomic E-state index is 0.277. The molecule has 1 aliphatic rings. The molecule has 0 saturated heterocycles. The largest absolute Gasteiger partial charge is 0.260 e. The second-order valence-electron chi connectivity index (χ2n) is 3.92. The molecule has 0 amide bonds. The van der Waals surface area contributed by atoms with Crippen molar-refractivity contribution in [1.82, 2.24) is 4.98 Å². The maximum atomic E-state index is 9.12.